The minimum Gasteiger partial charge on any atom is -0.284 e. The summed E-state index contributed by atoms with van der Waals surface area (Å²) in [5, 5.41) is 94.0. The summed E-state index contributed by atoms with van der Waals surface area (Å²) in [6.07, 6.45) is 0. The smallest absolute Gasteiger partial charge is 0.168 e. The van der Waals surface area contributed by atoms with E-state index < -0.39 is 0 Å². The molecule has 0 atom stereocenters. The predicted molar refractivity (Wildman–Crippen MR) is 454 cm³/mol. The zero-order chi connectivity index (χ0) is 75.9. The quantitative estimate of drug-likeness (QED) is 0.0326. The lowest BCUT2D eigenvalue weighted by molar-refractivity contribution is 1.07. The van der Waals surface area contributed by atoms with Crippen molar-refractivity contribution in [3.8, 4) is 50.7 Å². The molecule has 0 aliphatic carbocycles. The van der Waals surface area contributed by atoms with E-state index in [1.54, 1.807) is 25.7 Å². The molecule has 0 aliphatic heterocycles. The summed E-state index contributed by atoms with van der Waals surface area (Å²) in [5.74, 6) is 1.40. The van der Waals surface area contributed by atoms with Crippen LogP contribution in [-0.4, -0.2) is 61.4 Å². The first-order chi connectivity index (χ1) is 54.4. The van der Waals surface area contributed by atoms with E-state index in [9.17, 15) is 43.3 Å². The normalized spacial score (nSPS) is 11.0. The van der Waals surface area contributed by atoms with Crippen molar-refractivity contribution in [1.82, 2.24) is 14.8 Å². The number of nitrogens with zero attached hydrogens (tertiary/aromatic N) is 7. The average molecular weight is 1430 g/mol. The van der Waals surface area contributed by atoms with Gasteiger partial charge in [-0.2, -0.15) is 0 Å². The van der Waals surface area contributed by atoms with Crippen molar-refractivity contribution in [1.29, 1.82) is 43.3 Å². The molecule has 15 nitrogen and oxygen atoms in total. The van der Waals surface area contributed by atoms with E-state index in [0.29, 0.717) is 84.5 Å². The van der Waals surface area contributed by atoms with Crippen molar-refractivity contribution >= 4 is 91.0 Å². The van der Waals surface area contributed by atoms with Gasteiger partial charge in [-0.25, -0.2) is 0 Å². The average Bonchev–Trinajstić information content (AvgIpc) is 1.74. The number of amidine groups is 8. The summed E-state index contributed by atoms with van der Waals surface area (Å²) in [6.45, 7) is 0. The highest BCUT2D eigenvalue weighted by Gasteiger charge is 2.30. The van der Waals surface area contributed by atoms with E-state index in [-0.39, 0.29) is 46.7 Å². The molecule has 15 aromatic carbocycles. The highest BCUT2D eigenvalue weighted by Crippen LogP contribution is 2.36. The number of rotatable bonds is 17. The molecule has 0 fully saturated rings. The number of benzene rings is 15. The molecule has 111 heavy (non-hydrogen) atoms. The molecule has 0 saturated heterocycles. The summed E-state index contributed by atoms with van der Waals surface area (Å²) >= 11 is 0. The zero-order valence-corrected chi connectivity index (χ0v) is 60.0. The van der Waals surface area contributed by atoms with Crippen LogP contribution in [0.2, 0.25) is 0 Å². The van der Waals surface area contributed by atoms with Gasteiger partial charge in [0.15, 0.2) is 11.6 Å². The van der Waals surface area contributed by atoms with E-state index in [1.807, 2.05) is 381 Å². The SMILES string of the molecule is N=C(c1ccccc1)N(C(=N)c1cc(C(=N)N(C(=N)c2cccc(-c3cccc(N(C(=N)c4ccc(-c5ccc(C(=N)N(C(=N)c6cccc7ccccc67)c6ccccc6)cc5)cc4)C(=N)c4cccc5ccccc45)c3)c2)c2ccccc2)cc(-c2nnc(-c3ccccc3)n2-c2ccccc2)c1)c1ccccc1. The van der Waals surface area contributed by atoms with Crippen molar-refractivity contribution in [3.63, 3.8) is 0 Å². The number of hydrogen-bond acceptors (Lipinski definition) is 10. The van der Waals surface area contributed by atoms with Gasteiger partial charge in [0.05, 0.1) is 0 Å². The first kappa shape index (κ1) is 69.9. The maximum absolute atomic E-state index is 10.5. The minimum atomic E-state index is -0.0842. The fourth-order valence-electron chi connectivity index (χ4n) is 14.1. The van der Waals surface area contributed by atoms with Gasteiger partial charge in [-0.05, 0) is 129 Å². The number of aromatic nitrogens is 3. The molecule has 530 valence electrons. The van der Waals surface area contributed by atoms with Gasteiger partial charge in [0, 0.05) is 84.1 Å². The fraction of sp³-hybridized carbons (Fsp3) is 0. The largest absolute Gasteiger partial charge is 0.284 e. The summed E-state index contributed by atoms with van der Waals surface area (Å²) in [4.78, 5) is 6.51. The molecule has 16 rings (SSSR count). The monoisotopic (exact) mass is 1430 g/mol. The Kier molecular flexibility index (Phi) is 19.5. The van der Waals surface area contributed by atoms with Gasteiger partial charge in [-0.15, -0.1) is 10.2 Å². The van der Waals surface area contributed by atoms with E-state index in [1.165, 1.54) is 0 Å². The third-order valence-electron chi connectivity index (χ3n) is 19.6. The van der Waals surface area contributed by atoms with Crippen LogP contribution < -0.4 is 19.6 Å². The molecule has 0 radical (unpaired) electrons. The third-order valence-corrected chi connectivity index (χ3v) is 19.6. The van der Waals surface area contributed by atoms with Crippen LogP contribution in [0.4, 0.5) is 22.7 Å². The van der Waals surface area contributed by atoms with Crippen LogP contribution >= 0.6 is 0 Å². The molecule has 0 amide bonds. The standard InChI is InChI=1S/C96H71N15/c97-87(68-29-7-1-8-30-68)107(78-38-11-3-12-39-78)91(101)75-60-76(62-77(61-75)96-106-105-95(71-31-9-2-10-32-71)111(96)81-44-17-6-18-45-81)92(102)108(79-40-13-4-14-41-79)90(100)74-37-23-35-72(59-74)73-36-24-46-82(63-73)110(94(104)86-50-26-34-67-28-20-22-48-84(67)86)89(99)70-57-53-65(54-58-70)64-51-55-69(56-52-64)88(98)109(80-42-15-5-16-43-80)93(103)85-49-25-33-66-27-19-21-47-83(66)85/h1-63,97-104H. The van der Waals surface area contributed by atoms with E-state index in [4.69, 9.17) is 10.2 Å². The van der Waals surface area contributed by atoms with Crippen molar-refractivity contribution < 1.29 is 0 Å². The topological polar surface area (TPSA) is 234 Å². The Labute approximate surface area is 642 Å². The maximum Gasteiger partial charge on any atom is 0.168 e. The van der Waals surface area contributed by atoms with Gasteiger partial charge in [-0.3, -0.25) is 67.4 Å². The predicted octanol–water partition coefficient (Wildman–Crippen LogP) is 21.7. The lowest BCUT2D eigenvalue weighted by atomic mass is 9.98. The van der Waals surface area contributed by atoms with E-state index >= 15 is 0 Å². The van der Waals surface area contributed by atoms with Crippen LogP contribution in [-0.2, 0) is 0 Å². The van der Waals surface area contributed by atoms with Crippen molar-refractivity contribution in [2.45, 2.75) is 0 Å². The van der Waals surface area contributed by atoms with Crippen LogP contribution in [0, 0.1) is 43.3 Å². The van der Waals surface area contributed by atoms with Crippen molar-refractivity contribution in [2.75, 3.05) is 19.6 Å². The van der Waals surface area contributed by atoms with Gasteiger partial charge in [0.2, 0.25) is 0 Å². The van der Waals surface area contributed by atoms with Gasteiger partial charge >= 0.3 is 0 Å². The van der Waals surface area contributed by atoms with E-state index in [2.05, 4.69) is 0 Å². The number of fused-ring (bicyclic) bond motifs is 2. The molecule has 1 heterocycles. The second kappa shape index (κ2) is 30.9. The first-order valence-electron chi connectivity index (χ1n) is 36.1. The van der Waals surface area contributed by atoms with Crippen LogP contribution in [0.5, 0.6) is 0 Å². The molecule has 1 aromatic heterocycles. The fourth-order valence-corrected chi connectivity index (χ4v) is 14.1. The molecule has 0 bridgehead atoms. The molecular weight excluding hydrogens is 1360 g/mol. The first-order valence-corrected chi connectivity index (χ1v) is 36.1. The van der Waals surface area contributed by atoms with Gasteiger partial charge in [0.25, 0.3) is 0 Å². The summed E-state index contributed by atoms with van der Waals surface area (Å²) < 4.78 is 1.97. The van der Waals surface area contributed by atoms with Crippen LogP contribution in [0.25, 0.3) is 72.3 Å². The molecule has 8 N–H and O–H groups in total. The Morgan fingerprint density at radius 2 is 0.514 bits per heavy atom. The number of nitrogens with one attached hydrogen (secondary N) is 8. The van der Waals surface area contributed by atoms with Crippen molar-refractivity contribution in [3.05, 3.63) is 427 Å². The maximum atomic E-state index is 10.5. The minimum absolute atomic E-state index is 0.0225. The highest BCUT2D eigenvalue weighted by atomic mass is 15.3. The lowest BCUT2D eigenvalue weighted by Crippen LogP contribution is -2.38. The molecule has 15 heteroatoms. The van der Waals surface area contributed by atoms with Crippen molar-refractivity contribution in [2.24, 2.45) is 0 Å². The molecule has 0 aliphatic rings. The summed E-state index contributed by atoms with van der Waals surface area (Å²) in [6, 6.07) is 121. The Balaban J connectivity index is 0.739. The molecule has 16 aromatic rings. The highest BCUT2D eigenvalue weighted by molar-refractivity contribution is 6.33. The van der Waals surface area contributed by atoms with Crippen LogP contribution in [0.3, 0.4) is 0 Å². The Morgan fingerprint density at radius 1 is 0.207 bits per heavy atom. The Hall–Kier alpha value is -15.5. The zero-order valence-electron chi connectivity index (χ0n) is 60.0. The van der Waals surface area contributed by atoms with Gasteiger partial charge in [0.1, 0.15) is 46.7 Å². The number of anilines is 4. The molecule has 0 spiro atoms. The number of hydrogen-bond donors (Lipinski definition) is 8. The molecule has 0 unspecified atom stereocenters. The third kappa shape index (κ3) is 14.1. The van der Waals surface area contributed by atoms with Gasteiger partial charge in [-0.1, -0.05) is 297 Å². The molecule has 0 saturated carbocycles. The molecular formula is C96H71N15. The van der Waals surface area contributed by atoms with Crippen LogP contribution in [0.15, 0.2) is 382 Å². The summed E-state index contributed by atoms with van der Waals surface area (Å²) in [7, 11) is 0. The van der Waals surface area contributed by atoms with Crippen LogP contribution in [0.1, 0.15) is 44.5 Å². The van der Waals surface area contributed by atoms with Gasteiger partial charge < -0.3 is 0 Å². The summed E-state index contributed by atoms with van der Waals surface area (Å²) in [5.41, 5.74) is 12.0. The van der Waals surface area contributed by atoms with E-state index in [0.717, 1.165) is 55.0 Å². The second-order valence-electron chi connectivity index (χ2n) is 26.5. The Bertz CT molecular complexity index is 6240. The second-order valence-corrected chi connectivity index (χ2v) is 26.5. The lowest BCUT2D eigenvalue weighted by Gasteiger charge is -2.29. The Morgan fingerprint density at radius 3 is 0.991 bits per heavy atom. The number of para-hydroxylation sites is 4.